The molecule has 0 aliphatic carbocycles. The van der Waals surface area contributed by atoms with Crippen molar-refractivity contribution in [3.63, 3.8) is 0 Å². The lowest BCUT2D eigenvalue weighted by atomic mass is 10.1. The second-order valence-electron chi connectivity index (χ2n) is 6.34. The normalized spacial score (nSPS) is 15.5. The molecule has 0 aromatic heterocycles. The number of esters is 1. The summed E-state index contributed by atoms with van der Waals surface area (Å²) in [5.41, 5.74) is 0.846. The Morgan fingerprint density at radius 1 is 1.25 bits per heavy atom. The average molecular weight is 332 g/mol. The van der Waals surface area contributed by atoms with E-state index in [1.807, 2.05) is 20.8 Å². The molecule has 6 heteroatoms. The number of hydrogen-bond acceptors (Lipinski definition) is 4. The van der Waals surface area contributed by atoms with E-state index in [9.17, 15) is 14.4 Å². The molecule has 0 bridgehead atoms. The highest BCUT2D eigenvalue weighted by Gasteiger charge is 2.26. The molecule has 6 nitrogen and oxygen atoms in total. The number of carbonyl (C=O) groups excluding carboxylic acids is 3. The van der Waals surface area contributed by atoms with E-state index in [0.717, 1.165) is 6.42 Å². The SMILES string of the molecule is CC(C)[C@H](C)NC(=O)COC(=O)c1ccccc1N1CCCC1=O. The van der Waals surface area contributed by atoms with Gasteiger partial charge in [-0.2, -0.15) is 0 Å². The molecule has 0 radical (unpaired) electrons. The first kappa shape index (κ1) is 18.0. The van der Waals surface area contributed by atoms with Gasteiger partial charge in [-0.15, -0.1) is 0 Å². The van der Waals surface area contributed by atoms with E-state index in [1.165, 1.54) is 0 Å². The predicted octanol–water partition coefficient (Wildman–Crippen LogP) is 2.13. The molecule has 1 aromatic carbocycles. The number of rotatable bonds is 6. The number of benzene rings is 1. The summed E-state index contributed by atoms with van der Waals surface area (Å²) in [4.78, 5) is 37.7. The molecule has 24 heavy (non-hydrogen) atoms. The molecule has 1 saturated heterocycles. The van der Waals surface area contributed by atoms with Crippen molar-refractivity contribution in [3.8, 4) is 0 Å². The molecule has 0 unspecified atom stereocenters. The van der Waals surface area contributed by atoms with Gasteiger partial charge in [0.05, 0.1) is 11.3 Å². The third-order valence-corrected chi connectivity index (χ3v) is 4.21. The van der Waals surface area contributed by atoms with Gasteiger partial charge in [0.1, 0.15) is 0 Å². The molecule has 0 saturated carbocycles. The molecular weight excluding hydrogens is 308 g/mol. The molecule has 2 amide bonds. The van der Waals surface area contributed by atoms with Crippen LogP contribution in [0, 0.1) is 5.92 Å². The highest BCUT2D eigenvalue weighted by Crippen LogP contribution is 2.25. The molecular formula is C18H24N2O4. The van der Waals surface area contributed by atoms with Crippen LogP contribution in [0.25, 0.3) is 0 Å². The zero-order valence-electron chi connectivity index (χ0n) is 14.4. The molecule has 130 valence electrons. The number of amides is 2. The average Bonchev–Trinajstić information content (AvgIpc) is 2.98. The number of hydrogen-bond donors (Lipinski definition) is 1. The predicted molar refractivity (Wildman–Crippen MR) is 90.8 cm³/mol. The molecule has 1 aliphatic heterocycles. The van der Waals surface area contributed by atoms with E-state index >= 15 is 0 Å². The number of nitrogens with one attached hydrogen (secondary N) is 1. The number of ether oxygens (including phenoxy) is 1. The van der Waals surface area contributed by atoms with Crippen LogP contribution in [0.2, 0.25) is 0 Å². The van der Waals surface area contributed by atoms with E-state index in [2.05, 4.69) is 5.32 Å². The molecule has 1 aromatic rings. The Morgan fingerprint density at radius 2 is 1.96 bits per heavy atom. The summed E-state index contributed by atoms with van der Waals surface area (Å²) in [5, 5.41) is 2.78. The molecule has 1 fully saturated rings. The van der Waals surface area contributed by atoms with E-state index < -0.39 is 5.97 Å². The quantitative estimate of drug-likeness (QED) is 0.810. The lowest BCUT2D eigenvalue weighted by Gasteiger charge is -2.19. The van der Waals surface area contributed by atoms with Crippen molar-refractivity contribution < 1.29 is 19.1 Å². The third kappa shape index (κ3) is 4.34. The topological polar surface area (TPSA) is 75.7 Å². The molecule has 0 spiro atoms. The summed E-state index contributed by atoms with van der Waals surface area (Å²) in [6, 6.07) is 6.82. The van der Waals surface area contributed by atoms with E-state index in [0.29, 0.717) is 30.1 Å². The standard InChI is InChI=1S/C18H24N2O4/c1-12(2)13(3)19-16(21)11-24-18(23)14-7-4-5-8-15(14)20-10-6-9-17(20)22/h4-5,7-8,12-13H,6,9-11H2,1-3H3,(H,19,21)/t13-/m0/s1. The van der Waals surface area contributed by atoms with Gasteiger partial charge in [0.15, 0.2) is 6.61 Å². The van der Waals surface area contributed by atoms with Crippen molar-refractivity contribution in [2.24, 2.45) is 5.92 Å². The fourth-order valence-electron chi connectivity index (χ4n) is 2.46. The zero-order valence-corrected chi connectivity index (χ0v) is 14.4. The van der Waals surface area contributed by atoms with Crippen molar-refractivity contribution in [2.45, 2.75) is 39.7 Å². The Bertz CT molecular complexity index is 627. The maximum atomic E-state index is 12.3. The van der Waals surface area contributed by atoms with Crippen LogP contribution in [0.4, 0.5) is 5.69 Å². The Kier molecular flexibility index (Phi) is 5.95. The van der Waals surface area contributed by atoms with E-state index in [4.69, 9.17) is 4.74 Å². The van der Waals surface area contributed by atoms with Gasteiger partial charge in [-0.05, 0) is 31.4 Å². The summed E-state index contributed by atoms with van der Waals surface area (Å²) in [5.74, 6) is -0.637. The molecule has 1 N–H and O–H groups in total. The lowest BCUT2D eigenvalue weighted by Crippen LogP contribution is -2.38. The highest BCUT2D eigenvalue weighted by molar-refractivity contribution is 6.03. The zero-order chi connectivity index (χ0) is 17.7. The van der Waals surface area contributed by atoms with Gasteiger partial charge in [0, 0.05) is 19.0 Å². The number of anilines is 1. The van der Waals surface area contributed by atoms with Crippen LogP contribution in [0.3, 0.4) is 0 Å². The molecule has 2 rings (SSSR count). The molecule has 1 heterocycles. The number of para-hydroxylation sites is 1. The van der Waals surface area contributed by atoms with Crippen LogP contribution >= 0.6 is 0 Å². The number of nitrogens with zero attached hydrogens (tertiary/aromatic N) is 1. The van der Waals surface area contributed by atoms with Crippen molar-refractivity contribution in [2.75, 3.05) is 18.1 Å². The third-order valence-electron chi connectivity index (χ3n) is 4.21. The van der Waals surface area contributed by atoms with Gasteiger partial charge in [0.25, 0.3) is 5.91 Å². The van der Waals surface area contributed by atoms with Crippen molar-refractivity contribution in [1.82, 2.24) is 5.32 Å². The van der Waals surface area contributed by atoms with Crippen LogP contribution in [-0.2, 0) is 14.3 Å². The van der Waals surface area contributed by atoms with E-state index in [-0.39, 0.29) is 24.5 Å². The minimum atomic E-state index is -0.599. The van der Waals surface area contributed by atoms with Gasteiger partial charge in [0.2, 0.25) is 5.91 Å². The van der Waals surface area contributed by atoms with Crippen LogP contribution in [0.1, 0.15) is 44.0 Å². The largest absolute Gasteiger partial charge is 0.452 e. The fraction of sp³-hybridized carbons (Fsp3) is 0.500. The summed E-state index contributed by atoms with van der Waals surface area (Å²) in [6.45, 7) is 6.16. The smallest absolute Gasteiger partial charge is 0.340 e. The van der Waals surface area contributed by atoms with E-state index in [1.54, 1.807) is 29.2 Å². The first-order valence-corrected chi connectivity index (χ1v) is 8.26. The second kappa shape index (κ2) is 7.95. The highest BCUT2D eigenvalue weighted by atomic mass is 16.5. The van der Waals surface area contributed by atoms with Crippen molar-refractivity contribution in [3.05, 3.63) is 29.8 Å². The van der Waals surface area contributed by atoms with Crippen molar-refractivity contribution in [1.29, 1.82) is 0 Å². The Morgan fingerprint density at radius 3 is 2.58 bits per heavy atom. The first-order chi connectivity index (χ1) is 11.4. The minimum Gasteiger partial charge on any atom is -0.452 e. The maximum Gasteiger partial charge on any atom is 0.340 e. The summed E-state index contributed by atoms with van der Waals surface area (Å²) in [7, 11) is 0. The fourth-order valence-corrected chi connectivity index (χ4v) is 2.46. The van der Waals surface area contributed by atoms with Crippen LogP contribution in [-0.4, -0.2) is 37.0 Å². The van der Waals surface area contributed by atoms with Crippen LogP contribution in [0.15, 0.2) is 24.3 Å². The Hall–Kier alpha value is -2.37. The molecule has 1 atom stereocenters. The lowest BCUT2D eigenvalue weighted by molar-refractivity contribution is -0.125. The monoisotopic (exact) mass is 332 g/mol. The molecule has 1 aliphatic rings. The van der Waals surface area contributed by atoms with Gasteiger partial charge >= 0.3 is 5.97 Å². The Labute approximate surface area is 142 Å². The Balaban J connectivity index is 2.00. The maximum absolute atomic E-state index is 12.3. The summed E-state index contributed by atoms with van der Waals surface area (Å²) >= 11 is 0. The second-order valence-corrected chi connectivity index (χ2v) is 6.34. The minimum absolute atomic E-state index is 0.00116. The summed E-state index contributed by atoms with van der Waals surface area (Å²) in [6.07, 6.45) is 1.26. The van der Waals surface area contributed by atoms with Gasteiger partial charge in [-0.1, -0.05) is 26.0 Å². The van der Waals surface area contributed by atoms with Crippen LogP contribution in [0.5, 0.6) is 0 Å². The van der Waals surface area contributed by atoms with Gasteiger partial charge < -0.3 is 15.0 Å². The first-order valence-electron chi connectivity index (χ1n) is 8.26. The summed E-state index contributed by atoms with van der Waals surface area (Å²) < 4.78 is 5.12. The van der Waals surface area contributed by atoms with Gasteiger partial charge in [-0.25, -0.2) is 4.79 Å². The number of carbonyl (C=O) groups is 3. The van der Waals surface area contributed by atoms with Crippen LogP contribution < -0.4 is 10.2 Å². The van der Waals surface area contributed by atoms with Crippen molar-refractivity contribution >= 4 is 23.5 Å². The van der Waals surface area contributed by atoms with Gasteiger partial charge in [-0.3, -0.25) is 9.59 Å².